The molecule has 2 rings (SSSR count). The lowest BCUT2D eigenvalue weighted by molar-refractivity contribution is -0.709. The first kappa shape index (κ1) is 22.1. The number of nitrogens with one attached hydrogen (secondary N) is 1. The van der Waals surface area contributed by atoms with Crippen molar-refractivity contribution in [2.75, 3.05) is 5.32 Å². The van der Waals surface area contributed by atoms with Crippen LogP contribution in [0.5, 0.6) is 0 Å². The molecule has 0 heterocycles. The third-order valence-electron chi connectivity index (χ3n) is 4.59. The molecule has 0 radical (unpaired) electrons. The Morgan fingerprint density at radius 3 is 2.07 bits per heavy atom. The van der Waals surface area contributed by atoms with Crippen molar-refractivity contribution < 1.29 is 18.5 Å². The minimum Gasteiger partial charge on any atom is -0.330 e. The van der Waals surface area contributed by atoms with E-state index >= 15 is 0 Å². The fourth-order valence-corrected chi connectivity index (χ4v) is 3.56. The number of rotatable bonds is 8. The van der Waals surface area contributed by atoms with Gasteiger partial charge in [-0.2, -0.15) is 0 Å². The summed E-state index contributed by atoms with van der Waals surface area (Å²) in [6, 6.07) is 14.2. The minimum atomic E-state index is -3.74. The average Bonchev–Trinajstić information content (AvgIpc) is 2.61. The summed E-state index contributed by atoms with van der Waals surface area (Å²) < 4.78 is 22.6. The van der Waals surface area contributed by atoms with E-state index in [1.54, 1.807) is 0 Å². The fourth-order valence-electron chi connectivity index (χ4n) is 3.04. The number of nitrogens with two attached hydrogens (primary N) is 2. The van der Waals surface area contributed by atoms with E-state index in [1.165, 1.54) is 35.4 Å². The number of sulfonamides is 1. The van der Waals surface area contributed by atoms with Gasteiger partial charge < -0.3 is 10.6 Å². The highest BCUT2D eigenvalue weighted by Gasteiger charge is 2.20. The highest BCUT2D eigenvalue weighted by Crippen LogP contribution is 2.14. The molecule has 0 saturated carbocycles. The van der Waals surface area contributed by atoms with E-state index in [-0.39, 0.29) is 22.9 Å². The number of amides is 1. The van der Waals surface area contributed by atoms with E-state index < -0.39 is 10.0 Å². The van der Waals surface area contributed by atoms with Gasteiger partial charge in [0, 0.05) is 11.3 Å². The molecule has 28 heavy (non-hydrogen) atoms. The van der Waals surface area contributed by atoms with Gasteiger partial charge in [0.2, 0.25) is 10.0 Å². The summed E-state index contributed by atoms with van der Waals surface area (Å²) in [5.74, 6) is 0.476. The number of benzene rings is 2. The molecule has 6 nitrogen and oxygen atoms in total. The molecule has 2 aromatic rings. The van der Waals surface area contributed by atoms with Crippen LogP contribution in [-0.2, 0) is 21.2 Å². The van der Waals surface area contributed by atoms with Gasteiger partial charge in [0.1, 0.15) is 6.04 Å². The lowest BCUT2D eigenvalue weighted by Gasteiger charge is -2.17. The zero-order chi connectivity index (χ0) is 20.9. The molecule has 0 bridgehead atoms. The Kier molecular flexibility index (Phi) is 7.35. The SMILES string of the molecule is CC(C)Cc1ccc([C@@H](C)[NH2+][C@H](C)C(=O)Nc2ccc(S(N)(=O)=O)cc2)cc1. The molecule has 0 aliphatic heterocycles. The first-order valence-electron chi connectivity index (χ1n) is 9.44. The Morgan fingerprint density at radius 1 is 1.00 bits per heavy atom. The van der Waals surface area contributed by atoms with Crippen LogP contribution in [0, 0.1) is 5.92 Å². The maximum absolute atomic E-state index is 12.5. The zero-order valence-corrected chi connectivity index (χ0v) is 17.7. The molecule has 0 aliphatic carbocycles. The minimum absolute atomic E-state index is 0.0136. The van der Waals surface area contributed by atoms with Crippen LogP contribution in [0.25, 0.3) is 0 Å². The molecule has 2 aromatic carbocycles. The van der Waals surface area contributed by atoms with E-state index in [0.29, 0.717) is 11.6 Å². The van der Waals surface area contributed by atoms with Gasteiger partial charge in [0.25, 0.3) is 5.91 Å². The van der Waals surface area contributed by atoms with E-state index in [4.69, 9.17) is 5.14 Å². The molecule has 152 valence electrons. The van der Waals surface area contributed by atoms with E-state index in [9.17, 15) is 13.2 Å². The predicted molar refractivity (Wildman–Crippen MR) is 111 cm³/mol. The lowest BCUT2D eigenvalue weighted by Crippen LogP contribution is -2.91. The van der Waals surface area contributed by atoms with Gasteiger partial charge in [0.15, 0.2) is 6.04 Å². The first-order chi connectivity index (χ1) is 13.1. The van der Waals surface area contributed by atoms with Gasteiger partial charge in [-0.3, -0.25) is 4.79 Å². The Hall–Kier alpha value is -2.22. The average molecular weight is 405 g/mol. The van der Waals surface area contributed by atoms with Crippen LogP contribution in [0.1, 0.15) is 44.9 Å². The van der Waals surface area contributed by atoms with Crippen LogP contribution in [0.2, 0.25) is 0 Å². The van der Waals surface area contributed by atoms with Crippen LogP contribution >= 0.6 is 0 Å². The second kappa shape index (κ2) is 9.32. The molecule has 0 fully saturated rings. The second-order valence-corrected chi connectivity index (χ2v) is 9.23. The summed E-state index contributed by atoms with van der Waals surface area (Å²) in [5.41, 5.74) is 3.02. The summed E-state index contributed by atoms with van der Waals surface area (Å²) in [6.07, 6.45) is 1.06. The van der Waals surface area contributed by atoms with Crippen LogP contribution in [0.3, 0.4) is 0 Å². The van der Waals surface area contributed by atoms with Crippen molar-refractivity contribution in [3.05, 3.63) is 59.7 Å². The van der Waals surface area contributed by atoms with Gasteiger partial charge in [-0.25, -0.2) is 13.6 Å². The third kappa shape index (κ3) is 6.44. The quantitative estimate of drug-likeness (QED) is 0.628. The maximum Gasteiger partial charge on any atom is 0.282 e. The molecule has 7 heteroatoms. The Balaban J connectivity index is 1.94. The Bertz CT molecular complexity index is 891. The Morgan fingerprint density at radius 2 is 1.57 bits per heavy atom. The van der Waals surface area contributed by atoms with Crippen molar-refractivity contribution in [3.8, 4) is 0 Å². The van der Waals surface area contributed by atoms with Crippen molar-refractivity contribution in [2.45, 2.75) is 51.1 Å². The largest absolute Gasteiger partial charge is 0.330 e. The third-order valence-corrected chi connectivity index (χ3v) is 5.52. The van der Waals surface area contributed by atoms with Crippen molar-refractivity contribution in [2.24, 2.45) is 11.1 Å². The molecule has 0 spiro atoms. The molecule has 0 unspecified atom stereocenters. The van der Waals surface area contributed by atoms with Crippen molar-refractivity contribution >= 4 is 21.6 Å². The number of carbonyl (C=O) groups excluding carboxylic acids is 1. The lowest BCUT2D eigenvalue weighted by atomic mass is 9.99. The van der Waals surface area contributed by atoms with Gasteiger partial charge >= 0.3 is 0 Å². The monoisotopic (exact) mass is 404 g/mol. The summed E-state index contributed by atoms with van der Waals surface area (Å²) in [6.45, 7) is 8.32. The van der Waals surface area contributed by atoms with Gasteiger partial charge in [-0.1, -0.05) is 38.1 Å². The fraction of sp³-hybridized carbons (Fsp3) is 0.381. The molecule has 1 amide bonds. The highest BCUT2D eigenvalue weighted by atomic mass is 32.2. The van der Waals surface area contributed by atoms with Crippen LogP contribution in [-0.4, -0.2) is 20.4 Å². The molecule has 0 saturated heterocycles. The van der Waals surface area contributed by atoms with Gasteiger partial charge in [0.05, 0.1) is 4.90 Å². The molecule has 0 aromatic heterocycles. The smallest absolute Gasteiger partial charge is 0.282 e. The molecule has 5 N–H and O–H groups in total. The topological polar surface area (TPSA) is 106 Å². The van der Waals surface area contributed by atoms with Crippen LogP contribution in [0.15, 0.2) is 53.4 Å². The second-order valence-electron chi connectivity index (χ2n) is 7.67. The number of carbonyl (C=O) groups is 1. The summed E-state index contributed by atoms with van der Waals surface area (Å²) in [5, 5.41) is 9.89. The Labute approximate surface area is 167 Å². The first-order valence-corrected chi connectivity index (χ1v) is 11.0. The standard InChI is InChI=1S/C21H29N3O3S/c1-14(2)13-17-5-7-18(8-6-17)15(3)23-16(4)21(25)24-19-9-11-20(12-10-19)28(22,26)27/h5-12,14-16,23H,13H2,1-4H3,(H,24,25)(H2,22,26,27)/p+1/t15-,16-/m1/s1. The maximum atomic E-state index is 12.5. The highest BCUT2D eigenvalue weighted by molar-refractivity contribution is 7.89. The number of anilines is 1. The number of hydrogen-bond donors (Lipinski definition) is 3. The summed E-state index contributed by atoms with van der Waals surface area (Å²) in [7, 11) is -3.74. The summed E-state index contributed by atoms with van der Waals surface area (Å²) in [4.78, 5) is 12.5. The molecule has 0 aliphatic rings. The van der Waals surface area contributed by atoms with Gasteiger partial charge in [-0.05, 0) is 56.0 Å². The number of quaternary nitrogens is 1. The normalized spacial score (nSPS) is 13.9. The van der Waals surface area contributed by atoms with E-state index in [0.717, 1.165) is 6.42 Å². The molecule has 2 atom stereocenters. The van der Waals surface area contributed by atoms with Crippen molar-refractivity contribution in [1.82, 2.24) is 0 Å². The molecular formula is C21H30N3O3S+. The van der Waals surface area contributed by atoms with Crippen LogP contribution in [0.4, 0.5) is 5.69 Å². The van der Waals surface area contributed by atoms with Gasteiger partial charge in [-0.15, -0.1) is 0 Å². The van der Waals surface area contributed by atoms with E-state index in [1.807, 2.05) is 12.2 Å². The number of primary sulfonamides is 1. The molecular weight excluding hydrogens is 374 g/mol. The predicted octanol–water partition coefficient (Wildman–Crippen LogP) is 2.18. The van der Waals surface area contributed by atoms with Crippen molar-refractivity contribution in [3.63, 3.8) is 0 Å². The zero-order valence-electron chi connectivity index (χ0n) is 16.8. The van der Waals surface area contributed by atoms with E-state index in [2.05, 4.69) is 50.4 Å². The summed E-state index contributed by atoms with van der Waals surface area (Å²) >= 11 is 0. The van der Waals surface area contributed by atoms with Crippen molar-refractivity contribution in [1.29, 1.82) is 0 Å². The van der Waals surface area contributed by atoms with Crippen LogP contribution < -0.4 is 15.8 Å². The number of hydrogen-bond acceptors (Lipinski definition) is 3.